The third-order valence-corrected chi connectivity index (χ3v) is 4.52. The van der Waals surface area contributed by atoms with Crippen LogP contribution < -0.4 is 9.46 Å². The number of nitrogens with one attached hydrogen (secondary N) is 1. The number of hydrogen-bond acceptors (Lipinski definition) is 4. The van der Waals surface area contributed by atoms with Crippen LogP contribution in [0.3, 0.4) is 0 Å². The van der Waals surface area contributed by atoms with E-state index in [1.807, 2.05) is 0 Å². The molecule has 0 spiro atoms. The Kier molecular flexibility index (Phi) is 5.45. The van der Waals surface area contributed by atoms with Gasteiger partial charge >= 0.3 is 6.36 Å². The fourth-order valence-electron chi connectivity index (χ4n) is 1.99. The summed E-state index contributed by atoms with van der Waals surface area (Å²) in [5, 5.41) is 0. The molecule has 1 N–H and O–H groups in total. The van der Waals surface area contributed by atoms with E-state index in [1.54, 1.807) is 14.1 Å². The average Bonchev–Trinajstić information content (AvgIpc) is 2.53. The van der Waals surface area contributed by atoms with Crippen LogP contribution in [0, 0.1) is 0 Å². The summed E-state index contributed by atoms with van der Waals surface area (Å²) in [6.45, 7) is 0. The van der Waals surface area contributed by atoms with Gasteiger partial charge in [0, 0.05) is 31.4 Å². The van der Waals surface area contributed by atoms with Crippen LogP contribution in [0.4, 0.5) is 18.9 Å². The van der Waals surface area contributed by atoms with Crippen LogP contribution in [0.15, 0.2) is 53.4 Å². The molecule has 0 atom stereocenters. The predicted molar refractivity (Wildman–Crippen MR) is 88.4 cm³/mol. The minimum Gasteiger partial charge on any atom is -0.406 e. The van der Waals surface area contributed by atoms with E-state index in [2.05, 4.69) is 9.46 Å². The molecule has 2 aromatic rings. The van der Waals surface area contributed by atoms with Crippen LogP contribution in [-0.2, 0) is 10.0 Å². The van der Waals surface area contributed by atoms with Crippen molar-refractivity contribution >= 4 is 21.6 Å². The Bertz CT molecular complexity index is 894. The van der Waals surface area contributed by atoms with Gasteiger partial charge in [-0.1, -0.05) is 6.07 Å². The Morgan fingerprint density at radius 1 is 1.08 bits per heavy atom. The van der Waals surface area contributed by atoms with Gasteiger partial charge in [0.2, 0.25) is 0 Å². The van der Waals surface area contributed by atoms with Crippen molar-refractivity contribution in [2.45, 2.75) is 11.3 Å². The molecule has 0 bridgehead atoms. The first kappa shape index (κ1) is 19.6. The summed E-state index contributed by atoms with van der Waals surface area (Å²) in [7, 11) is -0.977. The van der Waals surface area contributed by atoms with E-state index < -0.39 is 27.0 Å². The molecular weight excluding hydrogens is 373 g/mol. The molecule has 0 radical (unpaired) electrons. The number of halogens is 3. The Balaban J connectivity index is 2.21. The van der Waals surface area contributed by atoms with E-state index >= 15 is 0 Å². The van der Waals surface area contributed by atoms with Crippen molar-refractivity contribution in [3.05, 3.63) is 54.1 Å². The molecule has 1 amide bonds. The molecule has 0 heterocycles. The van der Waals surface area contributed by atoms with Crippen molar-refractivity contribution in [1.29, 1.82) is 0 Å². The Morgan fingerprint density at radius 2 is 1.69 bits per heavy atom. The summed E-state index contributed by atoms with van der Waals surface area (Å²) in [6.07, 6.45) is -4.93. The van der Waals surface area contributed by atoms with Gasteiger partial charge in [-0.05, 0) is 36.4 Å². The number of ether oxygens (including phenoxy) is 1. The van der Waals surface area contributed by atoms with Gasteiger partial charge < -0.3 is 9.64 Å². The first-order chi connectivity index (χ1) is 12.0. The average molecular weight is 388 g/mol. The maximum Gasteiger partial charge on any atom is 0.573 e. The molecule has 0 saturated carbocycles. The maximum absolute atomic E-state index is 12.3. The lowest BCUT2D eigenvalue weighted by Crippen LogP contribution is -2.21. The number of nitrogens with zero attached hydrogens (tertiary/aromatic N) is 1. The van der Waals surface area contributed by atoms with E-state index in [4.69, 9.17) is 0 Å². The van der Waals surface area contributed by atoms with Crippen molar-refractivity contribution in [2.75, 3.05) is 18.8 Å². The topological polar surface area (TPSA) is 75.7 Å². The van der Waals surface area contributed by atoms with Crippen molar-refractivity contribution < 1.29 is 31.1 Å². The lowest BCUT2D eigenvalue weighted by molar-refractivity contribution is -0.274. The van der Waals surface area contributed by atoms with E-state index in [1.165, 1.54) is 29.2 Å². The molecule has 0 aromatic heterocycles. The monoisotopic (exact) mass is 388 g/mol. The van der Waals surface area contributed by atoms with Gasteiger partial charge in [0.1, 0.15) is 5.75 Å². The molecule has 2 rings (SSSR count). The van der Waals surface area contributed by atoms with E-state index in [0.29, 0.717) is 5.56 Å². The SMILES string of the molecule is CN(C)C(=O)c1ccc(NS(=O)(=O)c2cccc(OC(F)(F)F)c2)cc1. The number of sulfonamides is 1. The highest BCUT2D eigenvalue weighted by Gasteiger charge is 2.31. The number of anilines is 1. The molecule has 6 nitrogen and oxygen atoms in total. The third-order valence-electron chi connectivity index (χ3n) is 3.14. The maximum atomic E-state index is 12.3. The lowest BCUT2D eigenvalue weighted by atomic mass is 10.2. The summed E-state index contributed by atoms with van der Waals surface area (Å²) in [6, 6.07) is 9.65. The van der Waals surface area contributed by atoms with Gasteiger partial charge in [-0.2, -0.15) is 0 Å². The first-order valence-corrected chi connectivity index (χ1v) is 8.66. The molecule has 26 heavy (non-hydrogen) atoms. The highest BCUT2D eigenvalue weighted by Crippen LogP contribution is 2.26. The molecule has 10 heteroatoms. The van der Waals surface area contributed by atoms with Crippen LogP contribution >= 0.6 is 0 Å². The minimum atomic E-state index is -4.93. The number of carbonyl (C=O) groups excluding carboxylic acids is 1. The second-order valence-electron chi connectivity index (χ2n) is 5.41. The van der Waals surface area contributed by atoms with Crippen LogP contribution in [0.25, 0.3) is 0 Å². The molecule has 2 aromatic carbocycles. The summed E-state index contributed by atoms with van der Waals surface area (Å²) < 4.78 is 67.4. The van der Waals surface area contributed by atoms with Crippen molar-refractivity contribution in [1.82, 2.24) is 4.90 Å². The van der Waals surface area contributed by atoms with Crippen molar-refractivity contribution in [3.8, 4) is 5.75 Å². The summed E-state index contributed by atoms with van der Waals surface area (Å²) in [5.74, 6) is -0.899. The van der Waals surface area contributed by atoms with E-state index in [9.17, 15) is 26.4 Å². The number of carbonyl (C=O) groups is 1. The first-order valence-electron chi connectivity index (χ1n) is 7.18. The number of amides is 1. The van der Waals surface area contributed by atoms with Gasteiger partial charge in [0.15, 0.2) is 0 Å². The summed E-state index contributed by atoms with van der Waals surface area (Å²) in [4.78, 5) is 12.8. The van der Waals surface area contributed by atoms with Gasteiger partial charge in [-0.25, -0.2) is 8.42 Å². The van der Waals surface area contributed by atoms with Crippen LogP contribution in [0.1, 0.15) is 10.4 Å². The van der Waals surface area contributed by atoms with Gasteiger partial charge in [0.05, 0.1) is 4.90 Å². The standard InChI is InChI=1S/C16H15F3N2O4S/c1-21(2)15(22)11-6-8-12(9-7-11)20-26(23,24)14-5-3-4-13(10-14)25-16(17,18)19/h3-10,20H,1-2H3. The quantitative estimate of drug-likeness (QED) is 0.854. The van der Waals surface area contributed by atoms with Crippen molar-refractivity contribution in [3.63, 3.8) is 0 Å². The van der Waals surface area contributed by atoms with Crippen LogP contribution in [-0.4, -0.2) is 39.7 Å². The van der Waals surface area contributed by atoms with Crippen LogP contribution in [0.5, 0.6) is 5.75 Å². The smallest absolute Gasteiger partial charge is 0.406 e. The second-order valence-corrected chi connectivity index (χ2v) is 7.09. The molecule has 0 unspecified atom stereocenters. The Morgan fingerprint density at radius 3 is 2.23 bits per heavy atom. The highest BCUT2D eigenvalue weighted by atomic mass is 32.2. The zero-order valence-electron chi connectivity index (χ0n) is 13.7. The largest absolute Gasteiger partial charge is 0.573 e. The number of hydrogen-bond donors (Lipinski definition) is 1. The third kappa shape index (κ3) is 5.12. The highest BCUT2D eigenvalue weighted by molar-refractivity contribution is 7.92. The molecule has 0 saturated heterocycles. The van der Waals surface area contributed by atoms with Gasteiger partial charge in [0.25, 0.3) is 15.9 Å². The molecule has 0 aliphatic heterocycles. The number of alkyl halides is 3. The fourth-order valence-corrected chi connectivity index (χ4v) is 3.08. The van der Waals surface area contributed by atoms with Gasteiger partial charge in [-0.15, -0.1) is 13.2 Å². The zero-order valence-corrected chi connectivity index (χ0v) is 14.6. The minimum absolute atomic E-state index is 0.155. The Labute approximate surface area is 148 Å². The normalized spacial score (nSPS) is 11.7. The Hall–Kier alpha value is -2.75. The summed E-state index contributed by atoms with van der Waals surface area (Å²) in [5.41, 5.74) is 0.515. The molecular formula is C16H15F3N2O4S. The zero-order chi connectivity index (χ0) is 19.5. The fraction of sp³-hybridized carbons (Fsp3) is 0.188. The van der Waals surface area contributed by atoms with Crippen molar-refractivity contribution in [2.24, 2.45) is 0 Å². The summed E-state index contributed by atoms with van der Waals surface area (Å²) >= 11 is 0. The van der Waals surface area contributed by atoms with E-state index in [0.717, 1.165) is 24.3 Å². The number of benzene rings is 2. The molecule has 0 fully saturated rings. The lowest BCUT2D eigenvalue weighted by Gasteiger charge is -2.13. The second kappa shape index (κ2) is 7.24. The molecule has 0 aliphatic carbocycles. The number of rotatable bonds is 5. The molecule has 0 aliphatic rings. The predicted octanol–water partition coefficient (Wildman–Crippen LogP) is 3.09. The van der Waals surface area contributed by atoms with Gasteiger partial charge in [-0.3, -0.25) is 9.52 Å². The van der Waals surface area contributed by atoms with Crippen LogP contribution in [0.2, 0.25) is 0 Å². The molecule has 140 valence electrons. The van der Waals surface area contributed by atoms with E-state index in [-0.39, 0.29) is 11.6 Å².